The SMILES string of the molecule is C=CCn1c(SCC(=O)NCCC)nc2c([nH]c3ccccc32)c1=O. The molecule has 1 aromatic carbocycles. The molecule has 0 aliphatic heterocycles. The summed E-state index contributed by atoms with van der Waals surface area (Å²) < 4.78 is 1.54. The molecule has 0 spiro atoms. The summed E-state index contributed by atoms with van der Waals surface area (Å²) in [4.78, 5) is 32.5. The molecule has 0 radical (unpaired) electrons. The van der Waals surface area contributed by atoms with E-state index in [0.29, 0.717) is 29.3 Å². The van der Waals surface area contributed by atoms with Crippen molar-refractivity contribution in [2.24, 2.45) is 0 Å². The van der Waals surface area contributed by atoms with E-state index in [1.54, 1.807) is 10.6 Å². The number of amides is 1. The van der Waals surface area contributed by atoms with Gasteiger partial charge in [0.25, 0.3) is 5.56 Å². The van der Waals surface area contributed by atoms with Crippen molar-refractivity contribution in [1.82, 2.24) is 19.9 Å². The normalized spacial score (nSPS) is 11.1. The Morgan fingerprint density at radius 2 is 2.24 bits per heavy atom. The van der Waals surface area contributed by atoms with Gasteiger partial charge in [-0.05, 0) is 12.5 Å². The Kier molecular flexibility index (Phi) is 5.23. The maximum absolute atomic E-state index is 12.9. The highest BCUT2D eigenvalue weighted by molar-refractivity contribution is 7.99. The third-order valence-electron chi connectivity index (χ3n) is 3.79. The van der Waals surface area contributed by atoms with Crippen molar-refractivity contribution < 1.29 is 4.79 Å². The minimum Gasteiger partial charge on any atom is -0.355 e. The number of aromatic amines is 1. The molecule has 0 aliphatic rings. The largest absolute Gasteiger partial charge is 0.355 e. The summed E-state index contributed by atoms with van der Waals surface area (Å²) in [5.41, 5.74) is 1.83. The van der Waals surface area contributed by atoms with Crippen LogP contribution < -0.4 is 10.9 Å². The molecular formula is C18H20N4O2S. The zero-order valence-electron chi connectivity index (χ0n) is 14.0. The number of nitrogens with zero attached hydrogens (tertiary/aromatic N) is 2. The second-order valence-corrected chi connectivity index (χ2v) is 6.57. The maximum atomic E-state index is 12.9. The van der Waals surface area contributed by atoms with Gasteiger partial charge in [0.15, 0.2) is 5.16 Å². The van der Waals surface area contributed by atoms with Crippen LogP contribution in [0, 0.1) is 0 Å². The van der Waals surface area contributed by atoms with E-state index in [9.17, 15) is 9.59 Å². The summed E-state index contributed by atoms with van der Waals surface area (Å²) in [5.74, 6) is 0.155. The number of carbonyl (C=O) groups excluding carboxylic acids is 1. The van der Waals surface area contributed by atoms with Gasteiger partial charge in [-0.2, -0.15) is 0 Å². The van der Waals surface area contributed by atoms with Crippen LogP contribution in [-0.2, 0) is 11.3 Å². The van der Waals surface area contributed by atoms with Crippen molar-refractivity contribution in [3.63, 3.8) is 0 Å². The van der Waals surface area contributed by atoms with Crippen molar-refractivity contribution >= 4 is 39.6 Å². The van der Waals surface area contributed by atoms with E-state index >= 15 is 0 Å². The van der Waals surface area contributed by atoms with Gasteiger partial charge in [-0.3, -0.25) is 14.2 Å². The number of hydrogen-bond acceptors (Lipinski definition) is 4. The average molecular weight is 356 g/mol. The highest BCUT2D eigenvalue weighted by Gasteiger charge is 2.16. The van der Waals surface area contributed by atoms with Crippen LogP contribution >= 0.6 is 11.8 Å². The van der Waals surface area contributed by atoms with Gasteiger partial charge in [0, 0.05) is 24.0 Å². The Hall–Kier alpha value is -2.54. The molecule has 3 aromatic rings. The maximum Gasteiger partial charge on any atom is 0.278 e. The number of thioether (sulfide) groups is 1. The number of nitrogens with one attached hydrogen (secondary N) is 2. The van der Waals surface area contributed by atoms with Crippen molar-refractivity contribution in [1.29, 1.82) is 0 Å². The fraction of sp³-hybridized carbons (Fsp3) is 0.278. The third-order valence-corrected chi connectivity index (χ3v) is 4.77. The van der Waals surface area contributed by atoms with Crippen LogP contribution in [0.15, 0.2) is 46.9 Å². The third kappa shape index (κ3) is 3.46. The van der Waals surface area contributed by atoms with Gasteiger partial charge in [0.2, 0.25) is 5.91 Å². The number of allylic oxidation sites excluding steroid dienone is 1. The Balaban J connectivity index is 2.04. The van der Waals surface area contributed by atoms with Gasteiger partial charge in [-0.1, -0.05) is 43.0 Å². The summed E-state index contributed by atoms with van der Waals surface area (Å²) in [5, 5.41) is 4.25. The molecule has 0 bridgehead atoms. The molecule has 130 valence electrons. The first-order valence-electron chi connectivity index (χ1n) is 8.17. The van der Waals surface area contributed by atoms with Crippen molar-refractivity contribution in [3.8, 4) is 0 Å². The number of para-hydroxylation sites is 1. The number of benzene rings is 1. The number of carbonyl (C=O) groups is 1. The molecule has 25 heavy (non-hydrogen) atoms. The monoisotopic (exact) mass is 356 g/mol. The second kappa shape index (κ2) is 7.57. The summed E-state index contributed by atoms with van der Waals surface area (Å²) in [6.45, 7) is 6.70. The van der Waals surface area contributed by atoms with Crippen LogP contribution in [0.25, 0.3) is 21.9 Å². The zero-order chi connectivity index (χ0) is 17.8. The summed E-state index contributed by atoms with van der Waals surface area (Å²) in [6.07, 6.45) is 2.54. The summed E-state index contributed by atoms with van der Waals surface area (Å²) in [7, 11) is 0. The first kappa shape index (κ1) is 17.3. The first-order valence-corrected chi connectivity index (χ1v) is 9.16. The summed E-state index contributed by atoms with van der Waals surface area (Å²) >= 11 is 1.26. The Morgan fingerprint density at radius 1 is 1.44 bits per heavy atom. The zero-order valence-corrected chi connectivity index (χ0v) is 14.9. The van der Waals surface area contributed by atoms with Crippen LogP contribution in [-0.4, -0.2) is 32.7 Å². The number of fused-ring (bicyclic) bond motifs is 3. The van der Waals surface area contributed by atoms with Crippen LogP contribution in [0.2, 0.25) is 0 Å². The lowest BCUT2D eigenvalue weighted by molar-refractivity contribution is -0.118. The molecule has 2 N–H and O–H groups in total. The second-order valence-electron chi connectivity index (χ2n) is 5.63. The van der Waals surface area contributed by atoms with Crippen LogP contribution in [0.5, 0.6) is 0 Å². The van der Waals surface area contributed by atoms with E-state index in [0.717, 1.165) is 17.3 Å². The molecule has 7 heteroatoms. The van der Waals surface area contributed by atoms with Crippen molar-refractivity contribution in [2.75, 3.05) is 12.3 Å². The van der Waals surface area contributed by atoms with Crippen molar-refractivity contribution in [2.45, 2.75) is 25.0 Å². The fourth-order valence-electron chi connectivity index (χ4n) is 2.62. The molecule has 0 fully saturated rings. The Labute approximate surface area is 149 Å². The molecule has 0 atom stereocenters. The smallest absolute Gasteiger partial charge is 0.278 e. The topological polar surface area (TPSA) is 79.8 Å². The molecular weight excluding hydrogens is 336 g/mol. The molecule has 6 nitrogen and oxygen atoms in total. The van der Waals surface area contributed by atoms with Crippen molar-refractivity contribution in [3.05, 3.63) is 47.3 Å². The highest BCUT2D eigenvalue weighted by Crippen LogP contribution is 2.24. The fourth-order valence-corrected chi connectivity index (χ4v) is 3.45. The molecule has 0 unspecified atom stereocenters. The minimum absolute atomic E-state index is 0.0646. The Morgan fingerprint density at radius 3 is 3.00 bits per heavy atom. The first-order chi connectivity index (χ1) is 12.2. The molecule has 0 aliphatic carbocycles. The molecule has 2 heterocycles. The molecule has 2 aromatic heterocycles. The minimum atomic E-state index is -0.155. The van der Waals surface area contributed by atoms with Crippen LogP contribution in [0.1, 0.15) is 13.3 Å². The molecule has 0 saturated heterocycles. The number of rotatable bonds is 7. The molecule has 1 amide bonds. The van der Waals surface area contributed by atoms with Gasteiger partial charge in [-0.15, -0.1) is 6.58 Å². The lowest BCUT2D eigenvalue weighted by atomic mass is 10.2. The van der Waals surface area contributed by atoms with Gasteiger partial charge >= 0.3 is 0 Å². The Bertz CT molecular complexity index is 990. The van der Waals surface area contributed by atoms with Gasteiger partial charge < -0.3 is 10.3 Å². The van der Waals surface area contributed by atoms with Gasteiger partial charge in [-0.25, -0.2) is 4.98 Å². The predicted octanol–water partition coefficient (Wildman–Crippen LogP) is 2.68. The van der Waals surface area contributed by atoms with E-state index in [4.69, 9.17) is 0 Å². The van der Waals surface area contributed by atoms with E-state index in [2.05, 4.69) is 21.9 Å². The predicted molar refractivity (Wildman–Crippen MR) is 102 cm³/mol. The molecule has 0 saturated carbocycles. The van der Waals surface area contributed by atoms with Crippen LogP contribution in [0.3, 0.4) is 0 Å². The lowest BCUT2D eigenvalue weighted by Crippen LogP contribution is -2.27. The van der Waals surface area contributed by atoms with Gasteiger partial charge in [0.1, 0.15) is 11.0 Å². The van der Waals surface area contributed by atoms with E-state index in [1.807, 2.05) is 31.2 Å². The van der Waals surface area contributed by atoms with Crippen LogP contribution in [0.4, 0.5) is 0 Å². The van der Waals surface area contributed by atoms with E-state index in [1.165, 1.54) is 11.8 Å². The number of hydrogen-bond donors (Lipinski definition) is 2. The lowest BCUT2D eigenvalue weighted by Gasteiger charge is -2.10. The van der Waals surface area contributed by atoms with E-state index in [-0.39, 0.29) is 17.2 Å². The van der Waals surface area contributed by atoms with Gasteiger partial charge in [0.05, 0.1) is 5.75 Å². The molecule has 3 rings (SSSR count). The van der Waals surface area contributed by atoms with E-state index < -0.39 is 0 Å². The number of H-pyrrole nitrogens is 1. The average Bonchev–Trinajstić information content (AvgIpc) is 3.00. The standard InChI is InChI=1S/C18H20N4O2S/c1-3-9-19-14(23)11-25-18-21-15-12-7-5-6-8-13(12)20-16(15)17(24)22(18)10-4-2/h4-8,20H,2-3,9-11H2,1H3,(H,19,23). The quantitative estimate of drug-likeness (QED) is 0.387. The highest BCUT2D eigenvalue weighted by atomic mass is 32.2. The number of aromatic nitrogens is 3. The summed E-state index contributed by atoms with van der Waals surface area (Å²) in [6, 6.07) is 7.67.